The van der Waals surface area contributed by atoms with Crippen molar-refractivity contribution in [2.24, 2.45) is 0 Å². The monoisotopic (exact) mass is 364 g/mol. The highest BCUT2D eigenvalue weighted by molar-refractivity contribution is 7.89. The van der Waals surface area contributed by atoms with Crippen molar-refractivity contribution in [3.63, 3.8) is 0 Å². The molecule has 0 aliphatic carbocycles. The fourth-order valence-electron chi connectivity index (χ4n) is 2.61. The molecule has 0 unspecified atom stereocenters. The second-order valence-corrected chi connectivity index (χ2v) is 7.41. The molecule has 0 fully saturated rings. The Labute approximate surface area is 144 Å². The number of nitro groups is 1. The minimum absolute atomic E-state index is 0.0279. The van der Waals surface area contributed by atoms with Gasteiger partial charge in [0.25, 0.3) is 5.69 Å². The molecule has 0 saturated heterocycles. The molecule has 2 aromatic rings. The Balaban J connectivity index is 1.85. The first-order chi connectivity index (χ1) is 11.8. The lowest BCUT2D eigenvalue weighted by Crippen LogP contribution is -2.24. The van der Waals surface area contributed by atoms with Crippen LogP contribution in [0.5, 0.6) is 11.5 Å². The summed E-state index contributed by atoms with van der Waals surface area (Å²) in [6.45, 7) is 3.34. The van der Waals surface area contributed by atoms with E-state index < -0.39 is 14.9 Å². The molecule has 2 aromatic carbocycles. The SMILES string of the molecule is Cc1cc(C)c(S(=O)(=O)NCc2ccc3c(c2)OCO3)cc1[N+](=O)[O-]. The molecule has 9 heteroatoms. The van der Waals surface area contributed by atoms with Crippen molar-refractivity contribution in [2.75, 3.05) is 6.79 Å². The van der Waals surface area contributed by atoms with E-state index in [1.165, 1.54) is 6.07 Å². The number of nitrogens with zero attached hydrogens (tertiary/aromatic N) is 1. The quantitative estimate of drug-likeness (QED) is 0.645. The Kier molecular flexibility index (Phi) is 4.36. The van der Waals surface area contributed by atoms with Gasteiger partial charge in [0.15, 0.2) is 11.5 Å². The molecule has 0 aromatic heterocycles. The van der Waals surface area contributed by atoms with Crippen LogP contribution in [0.25, 0.3) is 0 Å². The lowest BCUT2D eigenvalue weighted by molar-refractivity contribution is -0.385. The minimum atomic E-state index is -3.90. The van der Waals surface area contributed by atoms with Crippen LogP contribution in [-0.4, -0.2) is 20.1 Å². The van der Waals surface area contributed by atoms with Gasteiger partial charge in [0, 0.05) is 18.2 Å². The molecule has 0 atom stereocenters. The van der Waals surface area contributed by atoms with Gasteiger partial charge >= 0.3 is 0 Å². The Morgan fingerprint density at radius 2 is 1.84 bits per heavy atom. The lowest BCUT2D eigenvalue weighted by atomic mass is 10.1. The zero-order chi connectivity index (χ0) is 18.2. The zero-order valence-electron chi connectivity index (χ0n) is 13.6. The fourth-order valence-corrected chi connectivity index (χ4v) is 3.88. The summed E-state index contributed by atoms with van der Waals surface area (Å²) in [6, 6.07) is 7.70. The molecule has 1 N–H and O–H groups in total. The molecule has 0 bridgehead atoms. The molecular formula is C16H16N2O6S. The predicted molar refractivity (Wildman–Crippen MR) is 89.2 cm³/mol. The maximum atomic E-state index is 12.6. The van der Waals surface area contributed by atoms with Gasteiger partial charge in [-0.15, -0.1) is 0 Å². The summed E-state index contributed by atoms with van der Waals surface area (Å²) in [5.74, 6) is 1.16. The third-order valence-corrected chi connectivity index (χ3v) is 5.43. The lowest BCUT2D eigenvalue weighted by Gasteiger charge is -2.11. The van der Waals surface area contributed by atoms with E-state index in [9.17, 15) is 18.5 Å². The first-order valence-electron chi connectivity index (χ1n) is 7.42. The molecule has 0 spiro atoms. The van der Waals surface area contributed by atoms with Gasteiger partial charge in [0.1, 0.15) is 0 Å². The Hall–Kier alpha value is -2.65. The third kappa shape index (κ3) is 3.42. The number of nitro benzene ring substituents is 1. The average Bonchev–Trinajstić information content (AvgIpc) is 3.00. The van der Waals surface area contributed by atoms with Crippen LogP contribution in [0.15, 0.2) is 35.2 Å². The molecule has 132 valence electrons. The van der Waals surface area contributed by atoms with E-state index >= 15 is 0 Å². The van der Waals surface area contributed by atoms with Gasteiger partial charge in [-0.2, -0.15) is 0 Å². The molecule has 8 nitrogen and oxygen atoms in total. The van der Waals surface area contributed by atoms with Crippen LogP contribution in [-0.2, 0) is 16.6 Å². The smallest absolute Gasteiger partial charge is 0.273 e. The highest BCUT2D eigenvalue weighted by Gasteiger charge is 2.23. The summed E-state index contributed by atoms with van der Waals surface area (Å²) in [6.07, 6.45) is 0. The molecule has 0 saturated carbocycles. The summed E-state index contributed by atoms with van der Waals surface area (Å²) in [5, 5.41) is 11.1. The van der Waals surface area contributed by atoms with E-state index in [0.29, 0.717) is 28.2 Å². The van der Waals surface area contributed by atoms with Gasteiger partial charge < -0.3 is 9.47 Å². The van der Waals surface area contributed by atoms with Gasteiger partial charge in [0.2, 0.25) is 16.8 Å². The van der Waals surface area contributed by atoms with Crippen molar-refractivity contribution in [2.45, 2.75) is 25.3 Å². The largest absolute Gasteiger partial charge is 0.454 e. The normalized spacial score (nSPS) is 13.0. The summed E-state index contributed by atoms with van der Waals surface area (Å²) in [5.41, 5.74) is 1.32. The zero-order valence-corrected chi connectivity index (χ0v) is 14.4. The van der Waals surface area contributed by atoms with Crippen molar-refractivity contribution < 1.29 is 22.8 Å². The number of hydrogen-bond acceptors (Lipinski definition) is 6. The molecule has 3 rings (SSSR count). The first-order valence-corrected chi connectivity index (χ1v) is 8.90. The Bertz CT molecular complexity index is 955. The highest BCUT2D eigenvalue weighted by atomic mass is 32.2. The van der Waals surface area contributed by atoms with Crippen LogP contribution in [0.4, 0.5) is 5.69 Å². The molecular weight excluding hydrogens is 348 g/mol. The van der Waals surface area contributed by atoms with Crippen LogP contribution in [0, 0.1) is 24.0 Å². The number of rotatable bonds is 5. The van der Waals surface area contributed by atoms with Crippen LogP contribution < -0.4 is 14.2 Å². The van der Waals surface area contributed by atoms with E-state index in [2.05, 4.69) is 4.72 Å². The second kappa shape index (κ2) is 6.34. The van der Waals surface area contributed by atoms with Gasteiger partial charge in [-0.25, -0.2) is 13.1 Å². The predicted octanol–water partition coefficient (Wildman–Crippen LogP) is 2.42. The molecule has 0 radical (unpaired) electrons. The standard InChI is InChI=1S/C16H16N2O6S/c1-10-5-11(2)16(7-13(10)18(19)20)25(21,22)17-8-12-3-4-14-15(6-12)24-9-23-14/h3-7,17H,8-9H2,1-2H3. The average molecular weight is 364 g/mol. The van der Waals surface area contributed by atoms with Crippen LogP contribution in [0.3, 0.4) is 0 Å². The molecule has 25 heavy (non-hydrogen) atoms. The number of aryl methyl sites for hydroxylation is 2. The van der Waals surface area contributed by atoms with Gasteiger partial charge in [-0.3, -0.25) is 10.1 Å². The number of fused-ring (bicyclic) bond motifs is 1. The first kappa shape index (κ1) is 17.2. The maximum Gasteiger partial charge on any atom is 0.273 e. The van der Waals surface area contributed by atoms with Crippen molar-refractivity contribution in [1.82, 2.24) is 4.72 Å². The summed E-state index contributed by atoms with van der Waals surface area (Å²) < 4.78 is 38.0. The second-order valence-electron chi connectivity index (χ2n) is 5.67. The summed E-state index contributed by atoms with van der Waals surface area (Å²) >= 11 is 0. The maximum absolute atomic E-state index is 12.6. The van der Waals surface area contributed by atoms with Gasteiger partial charge in [0.05, 0.1) is 9.82 Å². The van der Waals surface area contributed by atoms with Crippen molar-refractivity contribution in [3.05, 3.63) is 57.1 Å². The molecule has 0 amide bonds. The van der Waals surface area contributed by atoms with Crippen molar-refractivity contribution >= 4 is 15.7 Å². The molecule has 1 aliphatic heterocycles. The fraction of sp³-hybridized carbons (Fsp3) is 0.250. The summed E-state index contributed by atoms with van der Waals surface area (Å²) in [7, 11) is -3.90. The van der Waals surface area contributed by atoms with E-state index in [1.807, 2.05) is 0 Å². The van der Waals surface area contributed by atoms with E-state index in [4.69, 9.17) is 9.47 Å². The minimum Gasteiger partial charge on any atom is -0.454 e. The third-order valence-electron chi connectivity index (χ3n) is 3.88. The van der Waals surface area contributed by atoms with E-state index in [0.717, 1.165) is 6.07 Å². The van der Waals surface area contributed by atoms with Gasteiger partial charge in [-0.1, -0.05) is 6.07 Å². The van der Waals surface area contributed by atoms with Gasteiger partial charge in [-0.05, 0) is 43.2 Å². The Morgan fingerprint density at radius 1 is 1.12 bits per heavy atom. The van der Waals surface area contributed by atoms with Crippen LogP contribution in [0.2, 0.25) is 0 Å². The number of hydrogen-bond donors (Lipinski definition) is 1. The van der Waals surface area contributed by atoms with E-state index in [-0.39, 0.29) is 23.9 Å². The highest BCUT2D eigenvalue weighted by Crippen LogP contribution is 2.32. The van der Waals surface area contributed by atoms with Crippen LogP contribution >= 0.6 is 0 Å². The summed E-state index contributed by atoms with van der Waals surface area (Å²) in [4.78, 5) is 10.4. The molecule has 1 aliphatic rings. The number of ether oxygens (including phenoxy) is 2. The number of nitrogens with one attached hydrogen (secondary N) is 1. The Morgan fingerprint density at radius 3 is 2.56 bits per heavy atom. The number of benzene rings is 2. The molecule has 1 heterocycles. The van der Waals surface area contributed by atoms with Crippen molar-refractivity contribution in [3.8, 4) is 11.5 Å². The van der Waals surface area contributed by atoms with E-state index in [1.54, 1.807) is 32.0 Å². The van der Waals surface area contributed by atoms with Crippen LogP contribution in [0.1, 0.15) is 16.7 Å². The van der Waals surface area contributed by atoms with Crippen molar-refractivity contribution in [1.29, 1.82) is 0 Å². The topological polar surface area (TPSA) is 108 Å². The number of sulfonamides is 1.